The summed E-state index contributed by atoms with van der Waals surface area (Å²) in [6, 6.07) is 0.785. The van der Waals surface area contributed by atoms with Gasteiger partial charge in [0.15, 0.2) is 0 Å². The van der Waals surface area contributed by atoms with Crippen molar-refractivity contribution < 1.29 is 0 Å². The summed E-state index contributed by atoms with van der Waals surface area (Å²) < 4.78 is 0. The molecule has 1 rings (SSSR count). The average Bonchev–Trinajstić information content (AvgIpc) is 2.11. The fourth-order valence-electron chi connectivity index (χ4n) is 2.27. The third-order valence-corrected chi connectivity index (χ3v) is 2.90. The Morgan fingerprint density at radius 2 is 2.17 bits per heavy atom. The molecule has 72 valence electrons. The second kappa shape index (κ2) is 4.27. The van der Waals surface area contributed by atoms with Gasteiger partial charge in [0, 0.05) is 6.04 Å². The van der Waals surface area contributed by atoms with E-state index < -0.39 is 0 Å². The van der Waals surface area contributed by atoms with Crippen LogP contribution in [0.15, 0.2) is 0 Å². The van der Waals surface area contributed by atoms with Crippen molar-refractivity contribution in [1.82, 2.24) is 5.32 Å². The summed E-state index contributed by atoms with van der Waals surface area (Å²) in [5, 5.41) is 3.64. The van der Waals surface area contributed by atoms with E-state index in [1.807, 2.05) is 0 Å². The Kier molecular flexibility index (Phi) is 3.57. The van der Waals surface area contributed by atoms with Gasteiger partial charge >= 0.3 is 0 Å². The maximum Gasteiger partial charge on any atom is 0.00720 e. The highest BCUT2D eigenvalue weighted by Gasteiger charge is 2.24. The van der Waals surface area contributed by atoms with Crippen molar-refractivity contribution in [2.75, 3.05) is 6.54 Å². The molecule has 1 heterocycles. The Morgan fingerprint density at radius 1 is 1.42 bits per heavy atom. The first-order valence-corrected chi connectivity index (χ1v) is 5.37. The van der Waals surface area contributed by atoms with E-state index in [0.29, 0.717) is 5.41 Å². The molecule has 0 aromatic heterocycles. The predicted octanol–water partition coefficient (Wildman–Crippen LogP) is 2.95. The summed E-state index contributed by atoms with van der Waals surface area (Å²) in [5.41, 5.74) is 0.573. The monoisotopic (exact) mass is 169 g/mol. The Bertz CT molecular complexity index is 129. The van der Waals surface area contributed by atoms with E-state index in [0.717, 1.165) is 6.04 Å². The van der Waals surface area contributed by atoms with Crippen LogP contribution in [0.1, 0.15) is 52.9 Å². The van der Waals surface area contributed by atoms with Gasteiger partial charge in [0.2, 0.25) is 0 Å². The van der Waals surface area contributed by atoms with Gasteiger partial charge in [-0.25, -0.2) is 0 Å². The molecule has 12 heavy (non-hydrogen) atoms. The summed E-state index contributed by atoms with van der Waals surface area (Å²) in [6.07, 6.45) is 6.77. The van der Waals surface area contributed by atoms with Crippen molar-refractivity contribution in [3.8, 4) is 0 Å². The van der Waals surface area contributed by atoms with Crippen LogP contribution >= 0.6 is 0 Å². The van der Waals surface area contributed by atoms with Gasteiger partial charge in [0.1, 0.15) is 0 Å². The summed E-state index contributed by atoms with van der Waals surface area (Å²) >= 11 is 0. The van der Waals surface area contributed by atoms with E-state index in [1.54, 1.807) is 0 Å². The van der Waals surface area contributed by atoms with Crippen LogP contribution in [0, 0.1) is 5.41 Å². The van der Waals surface area contributed by atoms with E-state index in [-0.39, 0.29) is 0 Å². The lowest BCUT2D eigenvalue weighted by atomic mass is 9.82. The van der Waals surface area contributed by atoms with E-state index in [4.69, 9.17) is 0 Å². The maximum absolute atomic E-state index is 3.64. The van der Waals surface area contributed by atoms with E-state index >= 15 is 0 Å². The molecule has 1 N–H and O–H groups in total. The van der Waals surface area contributed by atoms with Gasteiger partial charge in [-0.05, 0) is 37.6 Å². The Morgan fingerprint density at radius 3 is 2.83 bits per heavy atom. The van der Waals surface area contributed by atoms with Gasteiger partial charge in [-0.15, -0.1) is 0 Å². The first kappa shape index (κ1) is 10.0. The molecule has 0 radical (unpaired) electrons. The van der Waals surface area contributed by atoms with Crippen molar-refractivity contribution in [3.05, 3.63) is 0 Å². The molecular weight excluding hydrogens is 146 g/mol. The lowest BCUT2D eigenvalue weighted by Gasteiger charge is -2.26. The molecule has 1 nitrogen and oxygen atoms in total. The highest BCUT2D eigenvalue weighted by atomic mass is 14.9. The lowest BCUT2D eigenvalue weighted by Crippen LogP contribution is -2.30. The highest BCUT2D eigenvalue weighted by molar-refractivity contribution is 4.81. The minimum Gasteiger partial charge on any atom is -0.314 e. The third kappa shape index (κ3) is 3.14. The number of rotatable bonds is 2. The van der Waals surface area contributed by atoms with Crippen molar-refractivity contribution in [2.24, 2.45) is 5.41 Å². The molecule has 1 atom stereocenters. The summed E-state index contributed by atoms with van der Waals surface area (Å²) in [5.74, 6) is 0. The SMILES string of the molecule is CCCC1CC(C)(C)CCCN1. The summed E-state index contributed by atoms with van der Waals surface area (Å²) in [6.45, 7) is 8.32. The van der Waals surface area contributed by atoms with E-state index in [9.17, 15) is 0 Å². The second-order valence-corrected chi connectivity index (χ2v) is 4.91. The van der Waals surface area contributed by atoms with Gasteiger partial charge in [-0.1, -0.05) is 27.2 Å². The lowest BCUT2D eigenvalue weighted by molar-refractivity contribution is 0.284. The molecule has 0 bridgehead atoms. The van der Waals surface area contributed by atoms with Gasteiger partial charge in [0.25, 0.3) is 0 Å². The molecule has 0 spiro atoms. The topological polar surface area (TPSA) is 12.0 Å². The van der Waals surface area contributed by atoms with E-state index in [1.165, 1.54) is 38.6 Å². The van der Waals surface area contributed by atoms with Crippen LogP contribution in [0.2, 0.25) is 0 Å². The standard InChI is InChI=1S/C11H23N/c1-4-6-10-9-11(2,3)7-5-8-12-10/h10,12H,4-9H2,1-3H3. The number of hydrogen-bond donors (Lipinski definition) is 1. The Labute approximate surface area is 76.9 Å². The first-order chi connectivity index (χ1) is 5.64. The zero-order valence-electron chi connectivity index (χ0n) is 8.82. The molecule has 1 aliphatic rings. The number of hydrogen-bond acceptors (Lipinski definition) is 1. The van der Waals surface area contributed by atoms with Crippen LogP contribution in [0.5, 0.6) is 0 Å². The molecular formula is C11H23N. The second-order valence-electron chi connectivity index (χ2n) is 4.91. The fourth-order valence-corrected chi connectivity index (χ4v) is 2.27. The van der Waals surface area contributed by atoms with Gasteiger partial charge in [-0.3, -0.25) is 0 Å². The maximum atomic E-state index is 3.64. The summed E-state index contributed by atoms with van der Waals surface area (Å²) in [4.78, 5) is 0. The van der Waals surface area contributed by atoms with Crippen LogP contribution in [0.4, 0.5) is 0 Å². The Hall–Kier alpha value is -0.0400. The van der Waals surface area contributed by atoms with Crippen LogP contribution < -0.4 is 5.32 Å². The van der Waals surface area contributed by atoms with Crippen molar-refractivity contribution >= 4 is 0 Å². The normalized spacial score (nSPS) is 29.8. The average molecular weight is 169 g/mol. The molecule has 0 aromatic carbocycles. The molecule has 0 amide bonds. The predicted molar refractivity (Wildman–Crippen MR) is 54.3 cm³/mol. The largest absolute Gasteiger partial charge is 0.314 e. The van der Waals surface area contributed by atoms with Crippen LogP contribution in [-0.4, -0.2) is 12.6 Å². The van der Waals surface area contributed by atoms with E-state index in [2.05, 4.69) is 26.1 Å². The van der Waals surface area contributed by atoms with Gasteiger partial charge in [-0.2, -0.15) is 0 Å². The van der Waals surface area contributed by atoms with Crippen LogP contribution in [-0.2, 0) is 0 Å². The minimum atomic E-state index is 0.573. The zero-order chi connectivity index (χ0) is 9.03. The minimum absolute atomic E-state index is 0.573. The first-order valence-electron chi connectivity index (χ1n) is 5.37. The molecule has 1 fully saturated rings. The molecule has 1 unspecified atom stereocenters. The fraction of sp³-hybridized carbons (Fsp3) is 1.00. The molecule has 0 aromatic rings. The molecule has 1 heteroatoms. The van der Waals surface area contributed by atoms with Crippen molar-refractivity contribution in [3.63, 3.8) is 0 Å². The van der Waals surface area contributed by atoms with Crippen molar-refractivity contribution in [2.45, 2.75) is 58.9 Å². The Balaban J connectivity index is 2.42. The quantitative estimate of drug-likeness (QED) is 0.670. The van der Waals surface area contributed by atoms with Crippen LogP contribution in [0.25, 0.3) is 0 Å². The van der Waals surface area contributed by atoms with Gasteiger partial charge in [0.05, 0.1) is 0 Å². The molecule has 0 aliphatic carbocycles. The van der Waals surface area contributed by atoms with Gasteiger partial charge < -0.3 is 5.32 Å². The number of nitrogens with one attached hydrogen (secondary N) is 1. The third-order valence-electron chi connectivity index (χ3n) is 2.90. The summed E-state index contributed by atoms with van der Waals surface area (Å²) in [7, 11) is 0. The van der Waals surface area contributed by atoms with Crippen LogP contribution in [0.3, 0.4) is 0 Å². The highest BCUT2D eigenvalue weighted by Crippen LogP contribution is 2.31. The molecule has 1 aliphatic heterocycles. The molecule has 1 saturated heterocycles. The van der Waals surface area contributed by atoms with Crippen molar-refractivity contribution in [1.29, 1.82) is 0 Å². The molecule has 0 saturated carbocycles. The smallest absolute Gasteiger partial charge is 0.00720 e. The zero-order valence-corrected chi connectivity index (χ0v) is 8.82.